The summed E-state index contributed by atoms with van der Waals surface area (Å²) in [7, 11) is 1.56. The van der Waals surface area contributed by atoms with Crippen molar-refractivity contribution in [3.63, 3.8) is 0 Å². The molecule has 2 aromatic rings. The molecule has 1 aliphatic rings. The van der Waals surface area contributed by atoms with Crippen LogP contribution in [0.5, 0.6) is 5.75 Å². The van der Waals surface area contributed by atoms with Crippen molar-refractivity contribution in [2.24, 2.45) is 0 Å². The topological polar surface area (TPSA) is 58.6 Å². The molecule has 2 aromatic carbocycles. The molecule has 1 aliphatic heterocycles. The predicted octanol–water partition coefficient (Wildman–Crippen LogP) is 4.07. The molecule has 0 aliphatic carbocycles. The fourth-order valence-electron chi connectivity index (χ4n) is 3.42. The second-order valence-electron chi connectivity index (χ2n) is 6.90. The van der Waals surface area contributed by atoms with Gasteiger partial charge < -0.3 is 15.0 Å². The third-order valence-electron chi connectivity index (χ3n) is 4.91. The number of Topliss-reactive ketones (excluding diaryl/α,β-unsaturated/α-hetero) is 1. The Morgan fingerprint density at radius 2 is 1.74 bits per heavy atom. The monoisotopic (exact) mass is 366 g/mol. The average Bonchev–Trinajstić information content (AvgIpc) is 2.69. The van der Waals surface area contributed by atoms with Gasteiger partial charge in [0.05, 0.1) is 13.5 Å². The lowest BCUT2D eigenvalue weighted by molar-refractivity contribution is -0.115. The molecule has 0 unspecified atom stereocenters. The van der Waals surface area contributed by atoms with Crippen LogP contribution in [0.4, 0.5) is 11.4 Å². The van der Waals surface area contributed by atoms with Gasteiger partial charge in [-0.25, -0.2) is 0 Å². The summed E-state index contributed by atoms with van der Waals surface area (Å²) in [5, 5.41) is 2.92. The van der Waals surface area contributed by atoms with Crippen LogP contribution in [0.2, 0.25) is 0 Å². The Hall–Kier alpha value is -2.82. The fraction of sp³-hybridized carbons (Fsp3) is 0.364. The van der Waals surface area contributed by atoms with Gasteiger partial charge in [-0.1, -0.05) is 0 Å². The summed E-state index contributed by atoms with van der Waals surface area (Å²) in [6.07, 6.45) is 3.93. The highest BCUT2D eigenvalue weighted by atomic mass is 16.5. The zero-order chi connectivity index (χ0) is 19.2. The standard InChI is InChI=1S/C22H26N2O3/c1-16(25)17-6-11-21(27-2)18(14-17)15-22(26)23-19-7-9-20(10-8-19)24-12-4-3-5-13-24/h6-11,14H,3-5,12-13,15H2,1-2H3,(H,23,26). The molecular formula is C22H26N2O3. The van der Waals surface area contributed by atoms with E-state index in [-0.39, 0.29) is 18.1 Å². The van der Waals surface area contributed by atoms with Crippen LogP contribution in [0.3, 0.4) is 0 Å². The van der Waals surface area contributed by atoms with Crippen molar-refractivity contribution < 1.29 is 14.3 Å². The van der Waals surface area contributed by atoms with Crippen LogP contribution < -0.4 is 15.0 Å². The molecular weight excluding hydrogens is 340 g/mol. The van der Waals surface area contributed by atoms with Crippen molar-refractivity contribution >= 4 is 23.1 Å². The molecule has 1 heterocycles. The zero-order valence-electron chi connectivity index (χ0n) is 16.0. The van der Waals surface area contributed by atoms with Crippen molar-refractivity contribution in [3.05, 3.63) is 53.6 Å². The van der Waals surface area contributed by atoms with Crippen molar-refractivity contribution in [3.8, 4) is 5.75 Å². The first-order valence-corrected chi connectivity index (χ1v) is 9.39. The third-order valence-corrected chi connectivity index (χ3v) is 4.91. The van der Waals surface area contributed by atoms with E-state index in [1.165, 1.54) is 31.9 Å². The summed E-state index contributed by atoms with van der Waals surface area (Å²) in [6, 6.07) is 13.1. The number of hydrogen-bond donors (Lipinski definition) is 1. The van der Waals surface area contributed by atoms with Gasteiger partial charge in [-0.05, 0) is 68.7 Å². The number of benzene rings is 2. The van der Waals surface area contributed by atoms with Gasteiger partial charge in [-0.15, -0.1) is 0 Å². The first-order valence-electron chi connectivity index (χ1n) is 9.39. The minimum Gasteiger partial charge on any atom is -0.496 e. The third kappa shape index (κ3) is 4.88. The van der Waals surface area contributed by atoms with Gasteiger partial charge in [-0.2, -0.15) is 0 Å². The van der Waals surface area contributed by atoms with E-state index < -0.39 is 0 Å². The molecule has 5 nitrogen and oxygen atoms in total. The summed E-state index contributed by atoms with van der Waals surface area (Å²) in [6.45, 7) is 3.70. The van der Waals surface area contributed by atoms with Gasteiger partial charge in [0.1, 0.15) is 5.75 Å². The minimum atomic E-state index is -0.139. The van der Waals surface area contributed by atoms with Gasteiger partial charge in [0.15, 0.2) is 5.78 Å². The minimum absolute atomic E-state index is 0.0346. The Morgan fingerprint density at radius 3 is 2.37 bits per heavy atom. The van der Waals surface area contributed by atoms with E-state index >= 15 is 0 Å². The Balaban J connectivity index is 1.65. The number of nitrogens with zero attached hydrogens (tertiary/aromatic N) is 1. The van der Waals surface area contributed by atoms with E-state index in [1.807, 2.05) is 12.1 Å². The number of piperidine rings is 1. The van der Waals surface area contributed by atoms with Crippen LogP contribution in [0.25, 0.3) is 0 Å². The number of methoxy groups -OCH3 is 1. The number of ketones is 1. The summed E-state index contributed by atoms with van der Waals surface area (Å²) < 4.78 is 5.32. The maximum absolute atomic E-state index is 12.5. The van der Waals surface area contributed by atoms with E-state index in [0.29, 0.717) is 16.9 Å². The Morgan fingerprint density at radius 1 is 1.04 bits per heavy atom. The number of hydrogen-bond acceptors (Lipinski definition) is 4. The van der Waals surface area contributed by atoms with Crippen LogP contribution in [0, 0.1) is 0 Å². The first-order chi connectivity index (χ1) is 13.1. The highest BCUT2D eigenvalue weighted by Crippen LogP contribution is 2.23. The normalized spacial score (nSPS) is 13.9. The largest absolute Gasteiger partial charge is 0.496 e. The molecule has 1 saturated heterocycles. The lowest BCUT2D eigenvalue weighted by Crippen LogP contribution is -2.29. The summed E-state index contributed by atoms with van der Waals surface area (Å²) in [5.41, 5.74) is 3.24. The number of amides is 1. The SMILES string of the molecule is COc1ccc(C(C)=O)cc1CC(=O)Nc1ccc(N2CCCCC2)cc1. The lowest BCUT2D eigenvalue weighted by atomic mass is 10.0. The van der Waals surface area contributed by atoms with Crippen LogP contribution in [0.1, 0.15) is 42.1 Å². The van der Waals surface area contributed by atoms with Crippen molar-refractivity contribution in [1.82, 2.24) is 0 Å². The van der Waals surface area contributed by atoms with Crippen molar-refractivity contribution in [2.45, 2.75) is 32.6 Å². The van der Waals surface area contributed by atoms with Crippen molar-refractivity contribution in [2.75, 3.05) is 30.4 Å². The number of nitrogens with one attached hydrogen (secondary N) is 1. The second kappa shape index (κ2) is 8.71. The molecule has 142 valence electrons. The highest BCUT2D eigenvalue weighted by Gasteiger charge is 2.13. The molecule has 1 amide bonds. The molecule has 0 spiro atoms. The summed E-state index contributed by atoms with van der Waals surface area (Å²) in [5.74, 6) is 0.433. The van der Waals surface area contributed by atoms with Gasteiger partial charge in [0.25, 0.3) is 0 Å². The van der Waals surface area contributed by atoms with E-state index in [9.17, 15) is 9.59 Å². The lowest BCUT2D eigenvalue weighted by Gasteiger charge is -2.28. The average molecular weight is 366 g/mol. The number of carbonyl (C=O) groups is 2. The molecule has 0 bridgehead atoms. The predicted molar refractivity (Wildman–Crippen MR) is 108 cm³/mol. The highest BCUT2D eigenvalue weighted by molar-refractivity contribution is 5.96. The molecule has 0 aromatic heterocycles. The summed E-state index contributed by atoms with van der Waals surface area (Å²) >= 11 is 0. The molecule has 3 rings (SSSR count). The molecule has 5 heteroatoms. The fourth-order valence-corrected chi connectivity index (χ4v) is 3.42. The molecule has 1 fully saturated rings. The van der Waals surface area contributed by atoms with Gasteiger partial charge >= 0.3 is 0 Å². The molecule has 0 radical (unpaired) electrons. The van der Waals surface area contributed by atoms with Gasteiger partial charge in [0, 0.05) is 35.6 Å². The Labute approximate surface area is 160 Å². The molecule has 0 saturated carbocycles. The van der Waals surface area contributed by atoms with E-state index in [0.717, 1.165) is 18.8 Å². The van der Waals surface area contributed by atoms with Gasteiger partial charge in [0.2, 0.25) is 5.91 Å². The summed E-state index contributed by atoms with van der Waals surface area (Å²) in [4.78, 5) is 26.4. The van der Waals surface area contributed by atoms with Crippen LogP contribution in [0.15, 0.2) is 42.5 Å². The van der Waals surface area contributed by atoms with Crippen LogP contribution in [-0.4, -0.2) is 31.9 Å². The first kappa shape index (κ1) is 19.0. The molecule has 0 atom stereocenters. The van der Waals surface area contributed by atoms with E-state index in [4.69, 9.17) is 4.74 Å². The Bertz CT molecular complexity index is 809. The van der Waals surface area contributed by atoms with Gasteiger partial charge in [-0.3, -0.25) is 9.59 Å². The van der Waals surface area contributed by atoms with Crippen molar-refractivity contribution in [1.29, 1.82) is 0 Å². The van der Waals surface area contributed by atoms with E-state index in [1.54, 1.807) is 25.3 Å². The van der Waals surface area contributed by atoms with Crippen LogP contribution >= 0.6 is 0 Å². The van der Waals surface area contributed by atoms with E-state index in [2.05, 4.69) is 22.3 Å². The quantitative estimate of drug-likeness (QED) is 0.783. The molecule has 1 N–H and O–H groups in total. The zero-order valence-corrected chi connectivity index (χ0v) is 16.0. The van der Waals surface area contributed by atoms with Crippen LogP contribution in [-0.2, 0) is 11.2 Å². The smallest absolute Gasteiger partial charge is 0.228 e. The number of carbonyl (C=O) groups excluding carboxylic acids is 2. The maximum Gasteiger partial charge on any atom is 0.228 e. The maximum atomic E-state index is 12.5. The number of rotatable bonds is 6. The Kier molecular flexibility index (Phi) is 6.12. The number of anilines is 2. The number of ether oxygens (including phenoxy) is 1. The molecule has 27 heavy (non-hydrogen) atoms. The second-order valence-corrected chi connectivity index (χ2v) is 6.90.